The molecule has 2 saturated carbocycles. The fourth-order valence-electron chi connectivity index (χ4n) is 2.64. The van der Waals surface area contributed by atoms with Gasteiger partial charge in [-0.3, -0.25) is 4.79 Å². The Morgan fingerprint density at radius 2 is 1.75 bits per heavy atom. The summed E-state index contributed by atoms with van der Waals surface area (Å²) in [5, 5.41) is 12.4. The van der Waals surface area contributed by atoms with Crippen LogP contribution in [0.3, 0.4) is 0 Å². The van der Waals surface area contributed by atoms with Crippen molar-refractivity contribution in [2.24, 2.45) is 11.8 Å². The number of carbonyl (C=O) groups excluding carboxylic acids is 1. The summed E-state index contributed by atoms with van der Waals surface area (Å²) in [7, 11) is 0. The summed E-state index contributed by atoms with van der Waals surface area (Å²) >= 11 is 0. The monoisotopic (exact) mass is 225 g/mol. The molecule has 2 fully saturated rings. The highest BCUT2D eigenvalue weighted by Crippen LogP contribution is 2.29. The van der Waals surface area contributed by atoms with Gasteiger partial charge in [0.25, 0.3) is 0 Å². The number of aliphatic hydroxyl groups excluding tert-OH is 1. The third kappa shape index (κ3) is 3.48. The molecule has 0 saturated heterocycles. The van der Waals surface area contributed by atoms with Gasteiger partial charge in [0.15, 0.2) is 0 Å². The van der Waals surface area contributed by atoms with Crippen LogP contribution in [-0.2, 0) is 4.79 Å². The molecule has 0 spiro atoms. The molecule has 0 aliphatic heterocycles. The van der Waals surface area contributed by atoms with Crippen LogP contribution in [0.1, 0.15) is 51.4 Å². The van der Waals surface area contributed by atoms with E-state index in [2.05, 4.69) is 5.32 Å². The van der Waals surface area contributed by atoms with E-state index in [9.17, 15) is 9.90 Å². The van der Waals surface area contributed by atoms with Crippen molar-refractivity contribution in [2.45, 2.75) is 57.5 Å². The maximum absolute atomic E-state index is 11.6. The van der Waals surface area contributed by atoms with E-state index < -0.39 is 0 Å². The van der Waals surface area contributed by atoms with Crippen molar-refractivity contribution in [3.63, 3.8) is 0 Å². The standard InChI is InChI=1S/C13H23NO2/c15-12-6-4-11(5-7-12)9-14-13(16)8-10-2-1-3-10/h10-12,15H,1-9H2,(H,14,16). The van der Waals surface area contributed by atoms with Crippen molar-refractivity contribution < 1.29 is 9.90 Å². The predicted octanol–water partition coefficient (Wildman–Crippen LogP) is 1.84. The molecule has 0 aromatic rings. The van der Waals surface area contributed by atoms with Gasteiger partial charge in [0.1, 0.15) is 0 Å². The SMILES string of the molecule is O=C(CC1CCC1)NCC1CCC(O)CC1. The second kappa shape index (κ2) is 5.67. The van der Waals surface area contributed by atoms with E-state index in [1.54, 1.807) is 0 Å². The molecule has 0 unspecified atom stereocenters. The number of aliphatic hydroxyl groups is 1. The predicted molar refractivity (Wildman–Crippen MR) is 62.9 cm³/mol. The van der Waals surface area contributed by atoms with Gasteiger partial charge < -0.3 is 10.4 Å². The molecule has 2 aliphatic rings. The molecule has 3 nitrogen and oxygen atoms in total. The van der Waals surface area contributed by atoms with Gasteiger partial charge in [-0.05, 0) is 50.4 Å². The van der Waals surface area contributed by atoms with Crippen LogP contribution < -0.4 is 5.32 Å². The number of carbonyl (C=O) groups is 1. The number of hydrogen-bond acceptors (Lipinski definition) is 2. The van der Waals surface area contributed by atoms with Crippen molar-refractivity contribution >= 4 is 5.91 Å². The van der Waals surface area contributed by atoms with Crippen LogP contribution in [-0.4, -0.2) is 23.7 Å². The molecule has 16 heavy (non-hydrogen) atoms. The maximum Gasteiger partial charge on any atom is 0.220 e. The quantitative estimate of drug-likeness (QED) is 0.767. The Labute approximate surface area is 97.6 Å². The summed E-state index contributed by atoms with van der Waals surface area (Å²) < 4.78 is 0. The lowest BCUT2D eigenvalue weighted by Crippen LogP contribution is -2.33. The number of rotatable bonds is 4. The summed E-state index contributed by atoms with van der Waals surface area (Å²) in [4.78, 5) is 11.6. The van der Waals surface area contributed by atoms with E-state index >= 15 is 0 Å². The van der Waals surface area contributed by atoms with Gasteiger partial charge in [0.05, 0.1) is 6.10 Å². The van der Waals surface area contributed by atoms with E-state index in [0.29, 0.717) is 11.8 Å². The zero-order valence-corrected chi connectivity index (χ0v) is 9.95. The number of hydrogen-bond donors (Lipinski definition) is 2. The molecule has 1 amide bonds. The normalized spacial score (nSPS) is 30.8. The van der Waals surface area contributed by atoms with Crippen molar-refractivity contribution in [1.29, 1.82) is 0 Å². The minimum absolute atomic E-state index is 0.0954. The van der Waals surface area contributed by atoms with Crippen LogP contribution in [0.15, 0.2) is 0 Å². The van der Waals surface area contributed by atoms with Gasteiger partial charge in [-0.1, -0.05) is 6.42 Å². The minimum atomic E-state index is -0.0954. The van der Waals surface area contributed by atoms with E-state index in [0.717, 1.165) is 38.6 Å². The van der Waals surface area contributed by atoms with Crippen LogP contribution in [0.25, 0.3) is 0 Å². The minimum Gasteiger partial charge on any atom is -0.393 e. The molecule has 0 radical (unpaired) electrons. The molecule has 0 heterocycles. The zero-order valence-electron chi connectivity index (χ0n) is 9.95. The van der Waals surface area contributed by atoms with Crippen molar-refractivity contribution in [3.8, 4) is 0 Å². The first-order valence-corrected chi connectivity index (χ1v) is 6.69. The van der Waals surface area contributed by atoms with Gasteiger partial charge in [0, 0.05) is 13.0 Å². The summed E-state index contributed by atoms with van der Waals surface area (Å²) in [6.45, 7) is 0.818. The number of amides is 1. The van der Waals surface area contributed by atoms with E-state index in [1.807, 2.05) is 0 Å². The lowest BCUT2D eigenvalue weighted by molar-refractivity contribution is -0.122. The Hall–Kier alpha value is -0.570. The Morgan fingerprint density at radius 3 is 2.31 bits per heavy atom. The van der Waals surface area contributed by atoms with E-state index in [1.165, 1.54) is 19.3 Å². The van der Waals surface area contributed by atoms with Crippen LogP contribution in [0, 0.1) is 11.8 Å². The first-order chi connectivity index (χ1) is 7.74. The summed E-state index contributed by atoms with van der Waals surface area (Å²) in [6, 6.07) is 0. The highest BCUT2D eigenvalue weighted by molar-refractivity contribution is 5.76. The molecule has 2 aliphatic carbocycles. The van der Waals surface area contributed by atoms with Gasteiger partial charge in [0.2, 0.25) is 5.91 Å². The first kappa shape index (κ1) is 11.9. The van der Waals surface area contributed by atoms with Gasteiger partial charge in [-0.15, -0.1) is 0 Å². The van der Waals surface area contributed by atoms with E-state index in [4.69, 9.17) is 0 Å². The average Bonchev–Trinajstić information content (AvgIpc) is 2.23. The fraction of sp³-hybridized carbons (Fsp3) is 0.923. The smallest absolute Gasteiger partial charge is 0.220 e. The molecule has 0 bridgehead atoms. The van der Waals surface area contributed by atoms with Crippen molar-refractivity contribution in [2.75, 3.05) is 6.54 Å². The van der Waals surface area contributed by atoms with Gasteiger partial charge in [-0.25, -0.2) is 0 Å². The summed E-state index contributed by atoms with van der Waals surface area (Å²) in [5.41, 5.74) is 0. The van der Waals surface area contributed by atoms with Crippen LogP contribution in [0.2, 0.25) is 0 Å². The largest absolute Gasteiger partial charge is 0.393 e. The summed E-state index contributed by atoms with van der Waals surface area (Å²) in [6.07, 6.45) is 8.35. The molecule has 2 N–H and O–H groups in total. The molecule has 0 aromatic heterocycles. The lowest BCUT2D eigenvalue weighted by Gasteiger charge is -2.27. The third-order valence-electron chi connectivity index (χ3n) is 4.10. The van der Waals surface area contributed by atoms with E-state index in [-0.39, 0.29) is 12.0 Å². The third-order valence-corrected chi connectivity index (χ3v) is 4.10. The molecule has 3 heteroatoms. The average molecular weight is 225 g/mol. The van der Waals surface area contributed by atoms with Gasteiger partial charge >= 0.3 is 0 Å². The molecular weight excluding hydrogens is 202 g/mol. The van der Waals surface area contributed by atoms with Gasteiger partial charge in [-0.2, -0.15) is 0 Å². The second-order valence-electron chi connectivity index (χ2n) is 5.48. The first-order valence-electron chi connectivity index (χ1n) is 6.69. The fourth-order valence-corrected chi connectivity index (χ4v) is 2.64. The number of nitrogens with one attached hydrogen (secondary N) is 1. The molecule has 0 aromatic carbocycles. The molecular formula is C13H23NO2. The highest BCUT2D eigenvalue weighted by Gasteiger charge is 2.22. The zero-order chi connectivity index (χ0) is 11.4. The lowest BCUT2D eigenvalue weighted by atomic mass is 9.82. The van der Waals surface area contributed by atoms with Crippen LogP contribution in [0.5, 0.6) is 0 Å². The van der Waals surface area contributed by atoms with Crippen LogP contribution in [0.4, 0.5) is 0 Å². The topological polar surface area (TPSA) is 49.3 Å². The molecule has 2 rings (SSSR count). The summed E-state index contributed by atoms with van der Waals surface area (Å²) in [5.74, 6) is 1.48. The highest BCUT2D eigenvalue weighted by atomic mass is 16.3. The Balaban J connectivity index is 1.57. The Bertz CT molecular complexity index is 230. The maximum atomic E-state index is 11.6. The Morgan fingerprint density at radius 1 is 1.06 bits per heavy atom. The molecule has 0 atom stereocenters. The molecule has 92 valence electrons. The van der Waals surface area contributed by atoms with Crippen LogP contribution >= 0.6 is 0 Å². The van der Waals surface area contributed by atoms with Crippen molar-refractivity contribution in [3.05, 3.63) is 0 Å². The second-order valence-corrected chi connectivity index (χ2v) is 5.48. The van der Waals surface area contributed by atoms with Crippen molar-refractivity contribution in [1.82, 2.24) is 5.32 Å². The Kier molecular flexibility index (Phi) is 4.22.